The minimum absolute atomic E-state index is 0.0613. The maximum absolute atomic E-state index is 10.9. The van der Waals surface area contributed by atoms with Crippen LogP contribution < -0.4 is 0 Å². The van der Waals surface area contributed by atoms with Gasteiger partial charge in [0, 0.05) is 18.0 Å². The molecule has 0 amide bonds. The summed E-state index contributed by atoms with van der Waals surface area (Å²) >= 11 is 5.85. The Kier molecular flexibility index (Phi) is 2.78. The average molecular weight is 240 g/mol. The Hall–Kier alpha value is -1.62. The van der Waals surface area contributed by atoms with Crippen LogP contribution in [0.2, 0.25) is 0 Å². The summed E-state index contributed by atoms with van der Waals surface area (Å²) in [6, 6.07) is 1.44. The van der Waals surface area contributed by atoms with Gasteiger partial charge in [-0.05, 0) is 13.0 Å². The molecule has 16 heavy (non-hydrogen) atoms. The van der Waals surface area contributed by atoms with Crippen LogP contribution in [0.25, 0.3) is 11.2 Å². The van der Waals surface area contributed by atoms with Crippen molar-refractivity contribution in [3.05, 3.63) is 23.7 Å². The normalized spacial score (nSPS) is 12.9. The van der Waals surface area contributed by atoms with Crippen molar-refractivity contribution in [2.45, 2.75) is 18.7 Å². The number of rotatable bonds is 3. The van der Waals surface area contributed by atoms with Crippen molar-refractivity contribution in [1.82, 2.24) is 15.0 Å². The molecule has 0 fully saturated rings. The second-order valence-corrected chi connectivity index (χ2v) is 4.28. The molecule has 84 valence electrons. The number of aromatic carboxylic acids is 1. The highest BCUT2D eigenvalue weighted by Gasteiger charge is 2.13. The number of nitrogens with zero attached hydrogens (tertiary/aromatic N) is 2. The largest absolute Gasteiger partial charge is 0.478 e. The number of H-pyrrole nitrogens is 1. The number of fused-ring (bicyclic) bond motifs is 1. The lowest BCUT2D eigenvalue weighted by molar-refractivity contribution is 0.0699. The number of alkyl halides is 1. The van der Waals surface area contributed by atoms with Gasteiger partial charge in [-0.25, -0.2) is 14.8 Å². The summed E-state index contributed by atoms with van der Waals surface area (Å²) in [7, 11) is 0. The predicted octanol–water partition coefficient (Wildman–Crippen LogP) is 1.83. The zero-order valence-electron chi connectivity index (χ0n) is 8.57. The first-order chi connectivity index (χ1) is 7.58. The third kappa shape index (κ3) is 1.99. The first-order valence-electron chi connectivity index (χ1n) is 4.79. The Labute approximate surface area is 96.5 Å². The van der Waals surface area contributed by atoms with Crippen molar-refractivity contribution >= 4 is 28.7 Å². The molecule has 2 aromatic rings. The molecule has 0 aliphatic rings. The van der Waals surface area contributed by atoms with Crippen LogP contribution in [0, 0.1) is 0 Å². The van der Waals surface area contributed by atoms with E-state index >= 15 is 0 Å². The molecule has 5 nitrogen and oxygen atoms in total. The quantitative estimate of drug-likeness (QED) is 0.801. The number of carboxylic acids is 1. The number of nitrogens with one attached hydrogen (secondary N) is 1. The van der Waals surface area contributed by atoms with Gasteiger partial charge in [-0.15, -0.1) is 11.6 Å². The molecule has 0 spiro atoms. The number of aromatic amines is 1. The molecule has 0 saturated heterocycles. The van der Waals surface area contributed by atoms with E-state index in [1.165, 1.54) is 12.3 Å². The smallest absolute Gasteiger partial charge is 0.338 e. The van der Waals surface area contributed by atoms with E-state index in [1.807, 2.05) is 6.92 Å². The lowest BCUT2D eigenvalue weighted by Crippen LogP contribution is -1.99. The Bertz CT molecular complexity index is 536. The zero-order valence-corrected chi connectivity index (χ0v) is 9.32. The van der Waals surface area contributed by atoms with Gasteiger partial charge in [0.15, 0.2) is 5.65 Å². The number of aromatic nitrogens is 3. The van der Waals surface area contributed by atoms with Crippen LogP contribution in [0.1, 0.15) is 23.1 Å². The molecule has 0 radical (unpaired) electrons. The van der Waals surface area contributed by atoms with Crippen LogP contribution in [-0.2, 0) is 6.42 Å². The summed E-state index contributed by atoms with van der Waals surface area (Å²) in [6.45, 7) is 1.85. The average Bonchev–Trinajstić information content (AvgIpc) is 2.57. The number of hydrogen-bond acceptors (Lipinski definition) is 3. The van der Waals surface area contributed by atoms with Gasteiger partial charge in [-0.3, -0.25) is 0 Å². The Balaban J connectivity index is 2.52. The summed E-state index contributed by atoms with van der Waals surface area (Å²) < 4.78 is 0. The highest BCUT2D eigenvalue weighted by Crippen LogP contribution is 2.15. The third-order valence-corrected chi connectivity index (χ3v) is 2.30. The third-order valence-electron chi connectivity index (χ3n) is 2.15. The minimum Gasteiger partial charge on any atom is -0.478 e. The maximum atomic E-state index is 10.9. The molecule has 0 aromatic carbocycles. The Morgan fingerprint density at radius 3 is 3.06 bits per heavy atom. The van der Waals surface area contributed by atoms with Crippen molar-refractivity contribution in [3.63, 3.8) is 0 Å². The number of carbonyl (C=O) groups is 1. The number of halogens is 1. The number of hydrogen-bond donors (Lipinski definition) is 2. The van der Waals surface area contributed by atoms with Gasteiger partial charge in [-0.1, -0.05) is 0 Å². The molecule has 2 rings (SSSR count). The first kappa shape index (κ1) is 10.9. The molecule has 2 aromatic heterocycles. The fourth-order valence-electron chi connectivity index (χ4n) is 1.50. The van der Waals surface area contributed by atoms with E-state index < -0.39 is 5.97 Å². The van der Waals surface area contributed by atoms with Gasteiger partial charge >= 0.3 is 5.97 Å². The predicted molar refractivity (Wildman–Crippen MR) is 59.9 cm³/mol. The number of imidazole rings is 1. The van der Waals surface area contributed by atoms with Crippen molar-refractivity contribution in [3.8, 4) is 0 Å². The second kappa shape index (κ2) is 4.09. The first-order valence-corrected chi connectivity index (χ1v) is 5.22. The summed E-state index contributed by atoms with van der Waals surface area (Å²) in [6.07, 6.45) is 1.98. The molecule has 1 atom stereocenters. The standard InChI is InChI=1S/C10H10ClN3O2/c1-5(11)4-7-13-8-6(10(15)16)2-3-12-9(8)14-7/h2-3,5H,4H2,1H3,(H,15,16)(H,12,13,14). The molecule has 1 unspecified atom stereocenters. The van der Waals surface area contributed by atoms with Gasteiger partial charge < -0.3 is 10.1 Å². The highest BCUT2D eigenvalue weighted by atomic mass is 35.5. The summed E-state index contributed by atoms with van der Waals surface area (Å²) in [5.41, 5.74) is 1.03. The molecular formula is C10H10ClN3O2. The van der Waals surface area contributed by atoms with Crippen LogP contribution >= 0.6 is 11.6 Å². The zero-order chi connectivity index (χ0) is 11.7. The van der Waals surface area contributed by atoms with Gasteiger partial charge in [0.05, 0.1) is 11.1 Å². The van der Waals surface area contributed by atoms with E-state index in [0.29, 0.717) is 23.4 Å². The van der Waals surface area contributed by atoms with Crippen molar-refractivity contribution in [1.29, 1.82) is 0 Å². The van der Waals surface area contributed by atoms with Crippen LogP contribution in [0.3, 0.4) is 0 Å². The van der Waals surface area contributed by atoms with Crippen LogP contribution in [0.15, 0.2) is 12.3 Å². The SMILES string of the molecule is CC(Cl)Cc1nc2nccc(C(=O)O)c2[nH]1. The highest BCUT2D eigenvalue weighted by molar-refractivity contribution is 6.20. The molecule has 0 aliphatic heterocycles. The van der Waals surface area contributed by atoms with Crippen LogP contribution in [0.4, 0.5) is 0 Å². The van der Waals surface area contributed by atoms with Gasteiger partial charge in [-0.2, -0.15) is 0 Å². The van der Waals surface area contributed by atoms with Gasteiger partial charge in [0.1, 0.15) is 5.82 Å². The molecule has 0 bridgehead atoms. The van der Waals surface area contributed by atoms with E-state index in [4.69, 9.17) is 16.7 Å². The monoisotopic (exact) mass is 239 g/mol. The van der Waals surface area contributed by atoms with Crippen molar-refractivity contribution < 1.29 is 9.90 Å². The summed E-state index contributed by atoms with van der Waals surface area (Å²) in [4.78, 5) is 22.1. The summed E-state index contributed by atoms with van der Waals surface area (Å²) in [5.74, 6) is -0.347. The molecule has 0 aliphatic carbocycles. The van der Waals surface area contributed by atoms with Gasteiger partial charge in [0.25, 0.3) is 0 Å². The minimum atomic E-state index is -0.999. The lowest BCUT2D eigenvalue weighted by atomic mass is 10.2. The molecule has 2 N–H and O–H groups in total. The topological polar surface area (TPSA) is 78.9 Å². The lowest BCUT2D eigenvalue weighted by Gasteiger charge is -1.96. The maximum Gasteiger partial charge on any atom is 0.338 e. The fourth-order valence-corrected chi connectivity index (χ4v) is 1.65. The van der Waals surface area contributed by atoms with E-state index in [9.17, 15) is 4.79 Å². The Morgan fingerprint density at radius 1 is 1.69 bits per heavy atom. The van der Waals surface area contributed by atoms with E-state index in [1.54, 1.807) is 0 Å². The molecular weight excluding hydrogens is 230 g/mol. The van der Waals surface area contributed by atoms with E-state index in [2.05, 4.69) is 15.0 Å². The van der Waals surface area contributed by atoms with Crippen LogP contribution in [-0.4, -0.2) is 31.4 Å². The van der Waals surface area contributed by atoms with Crippen LogP contribution in [0.5, 0.6) is 0 Å². The fraction of sp³-hybridized carbons (Fsp3) is 0.300. The van der Waals surface area contributed by atoms with Gasteiger partial charge in [0.2, 0.25) is 0 Å². The number of pyridine rings is 1. The van der Waals surface area contributed by atoms with Crippen molar-refractivity contribution in [2.24, 2.45) is 0 Å². The molecule has 0 saturated carbocycles. The van der Waals surface area contributed by atoms with E-state index in [0.717, 1.165) is 0 Å². The Morgan fingerprint density at radius 2 is 2.44 bits per heavy atom. The summed E-state index contributed by atoms with van der Waals surface area (Å²) in [5, 5.41) is 8.91. The van der Waals surface area contributed by atoms with E-state index in [-0.39, 0.29) is 10.9 Å². The van der Waals surface area contributed by atoms with Crippen molar-refractivity contribution in [2.75, 3.05) is 0 Å². The molecule has 2 heterocycles. The second-order valence-electron chi connectivity index (χ2n) is 3.53. The number of carboxylic acid groups (broad SMARTS) is 1. The molecule has 6 heteroatoms.